The van der Waals surface area contributed by atoms with Crippen LogP contribution in [0.4, 0.5) is 5.69 Å². The zero-order valence-electron chi connectivity index (χ0n) is 10.3. The summed E-state index contributed by atoms with van der Waals surface area (Å²) in [6.07, 6.45) is 2.07. The van der Waals surface area contributed by atoms with Gasteiger partial charge in [-0.25, -0.2) is 0 Å². The van der Waals surface area contributed by atoms with E-state index in [1.165, 1.54) is 0 Å². The maximum Gasteiger partial charge on any atom is 0.252 e. The van der Waals surface area contributed by atoms with Crippen LogP contribution >= 0.6 is 15.9 Å². The second kappa shape index (κ2) is 5.71. The smallest absolute Gasteiger partial charge is 0.252 e. The number of ether oxygens (including phenoxy) is 1. The van der Waals surface area contributed by atoms with E-state index < -0.39 is 0 Å². The van der Waals surface area contributed by atoms with Crippen LogP contribution in [-0.4, -0.2) is 24.7 Å². The number of nitrogens with two attached hydrogens (primary N) is 1. The first-order valence-corrected chi connectivity index (χ1v) is 6.87. The molecule has 5 heteroatoms. The van der Waals surface area contributed by atoms with Gasteiger partial charge in [-0.3, -0.25) is 4.79 Å². The number of hydrogen-bond acceptors (Lipinski definition) is 3. The molecule has 0 radical (unpaired) electrons. The first-order chi connectivity index (χ1) is 8.61. The lowest BCUT2D eigenvalue weighted by Crippen LogP contribution is -2.47. The van der Waals surface area contributed by atoms with Gasteiger partial charge in [0.05, 0.1) is 16.1 Å². The summed E-state index contributed by atoms with van der Waals surface area (Å²) in [5, 5.41) is 2.98. The summed E-state index contributed by atoms with van der Waals surface area (Å²) in [6.45, 7) is 2.71. The van der Waals surface area contributed by atoms with Gasteiger partial charge >= 0.3 is 0 Å². The van der Waals surface area contributed by atoms with Crippen molar-refractivity contribution in [3.63, 3.8) is 0 Å². The maximum absolute atomic E-state index is 12.0. The lowest BCUT2D eigenvalue weighted by molar-refractivity contribution is -0.00863. The number of nitrogen functional groups attached to an aromatic ring is 1. The number of hydrogen-bond donors (Lipinski definition) is 2. The van der Waals surface area contributed by atoms with E-state index in [-0.39, 0.29) is 11.9 Å². The topological polar surface area (TPSA) is 64.3 Å². The molecular weight excluding hydrogens is 296 g/mol. The van der Waals surface area contributed by atoms with Gasteiger partial charge in [-0.2, -0.15) is 0 Å². The van der Waals surface area contributed by atoms with E-state index in [0.717, 1.165) is 19.4 Å². The molecule has 0 saturated heterocycles. The van der Waals surface area contributed by atoms with E-state index in [1.54, 1.807) is 18.2 Å². The minimum absolute atomic E-state index is 0.0888. The largest absolute Gasteiger partial charge is 0.398 e. The summed E-state index contributed by atoms with van der Waals surface area (Å²) in [4.78, 5) is 12.0. The molecule has 18 heavy (non-hydrogen) atoms. The van der Waals surface area contributed by atoms with Crippen molar-refractivity contribution in [1.82, 2.24) is 5.32 Å². The summed E-state index contributed by atoms with van der Waals surface area (Å²) in [5.41, 5.74) is 6.90. The molecule has 0 aromatic heterocycles. The van der Waals surface area contributed by atoms with Crippen LogP contribution in [0.1, 0.15) is 30.1 Å². The first kappa shape index (κ1) is 13.4. The lowest BCUT2D eigenvalue weighted by atomic mass is 9.89. The zero-order chi connectivity index (χ0) is 13.1. The molecule has 1 aromatic carbocycles. The highest BCUT2D eigenvalue weighted by atomic mass is 79.9. The normalized spacial score (nSPS) is 22.3. The number of rotatable bonds is 4. The number of benzene rings is 1. The van der Waals surface area contributed by atoms with E-state index in [2.05, 4.69) is 21.2 Å². The van der Waals surface area contributed by atoms with Crippen LogP contribution < -0.4 is 11.1 Å². The Labute approximate surface area is 115 Å². The summed E-state index contributed by atoms with van der Waals surface area (Å²) in [6, 6.07) is 5.50. The molecule has 0 bridgehead atoms. The molecule has 1 saturated carbocycles. The van der Waals surface area contributed by atoms with E-state index in [1.807, 2.05) is 6.92 Å². The highest BCUT2D eigenvalue weighted by Gasteiger charge is 2.31. The summed E-state index contributed by atoms with van der Waals surface area (Å²) in [7, 11) is 0. The molecule has 2 rings (SSSR count). The van der Waals surface area contributed by atoms with Gasteiger partial charge in [0.2, 0.25) is 0 Å². The predicted octanol–water partition coefficient (Wildman–Crippen LogP) is 2.33. The second-order valence-electron chi connectivity index (χ2n) is 4.43. The second-order valence-corrected chi connectivity index (χ2v) is 5.22. The third-order valence-electron chi connectivity index (χ3n) is 3.11. The van der Waals surface area contributed by atoms with Crippen LogP contribution in [0.15, 0.2) is 22.7 Å². The van der Waals surface area contributed by atoms with Crippen LogP contribution in [0.2, 0.25) is 0 Å². The lowest BCUT2D eigenvalue weighted by Gasteiger charge is -2.35. The Kier molecular flexibility index (Phi) is 4.24. The number of halogens is 1. The SMILES string of the molecule is CCOC1CC(NC(=O)c2cccc(N)c2Br)C1. The fourth-order valence-electron chi connectivity index (χ4n) is 2.04. The average Bonchev–Trinajstić information content (AvgIpc) is 2.30. The number of amides is 1. The van der Waals surface area contributed by atoms with Crippen molar-refractivity contribution >= 4 is 27.5 Å². The molecule has 3 N–H and O–H groups in total. The third-order valence-corrected chi connectivity index (χ3v) is 3.99. The highest BCUT2D eigenvalue weighted by molar-refractivity contribution is 9.10. The van der Waals surface area contributed by atoms with Gasteiger partial charge < -0.3 is 15.8 Å². The number of carbonyl (C=O) groups excluding carboxylic acids is 1. The minimum Gasteiger partial charge on any atom is -0.398 e. The molecule has 4 nitrogen and oxygen atoms in total. The fraction of sp³-hybridized carbons (Fsp3) is 0.462. The predicted molar refractivity (Wildman–Crippen MR) is 74.5 cm³/mol. The zero-order valence-corrected chi connectivity index (χ0v) is 11.9. The standard InChI is InChI=1S/C13H17BrN2O2/c1-2-18-9-6-8(7-9)16-13(17)10-4-3-5-11(15)12(10)14/h3-5,8-9H,2,6-7,15H2,1H3,(H,16,17). The third kappa shape index (κ3) is 2.84. The average molecular weight is 313 g/mol. The van der Waals surface area contributed by atoms with Gasteiger partial charge in [0, 0.05) is 18.3 Å². The monoisotopic (exact) mass is 312 g/mol. The summed E-state index contributed by atoms with van der Waals surface area (Å²) < 4.78 is 6.11. The van der Waals surface area contributed by atoms with Crippen LogP contribution in [0.5, 0.6) is 0 Å². The molecule has 0 unspecified atom stereocenters. The van der Waals surface area contributed by atoms with Gasteiger partial charge in [0.15, 0.2) is 0 Å². The molecule has 0 atom stereocenters. The van der Waals surface area contributed by atoms with E-state index in [0.29, 0.717) is 21.8 Å². The van der Waals surface area contributed by atoms with Crippen molar-refractivity contribution in [1.29, 1.82) is 0 Å². The molecule has 1 amide bonds. The Bertz CT molecular complexity index is 445. The minimum atomic E-state index is -0.0888. The number of anilines is 1. The van der Waals surface area contributed by atoms with Crippen LogP contribution in [-0.2, 0) is 4.74 Å². The van der Waals surface area contributed by atoms with Gasteiger partial charge in [-0.15, -0.1) is 0 Å². The van der Waals surface area contributed by atoms with Crippen molar-refractivity contribution < 1.29 is 9.53 Å². The molecule has 1 aromatic rings. The molecule has 0 aliphatic heterocycles. The van der Waals surface area contributed by atoms with Crippen LogP contribution in [0, 0.1) is 0 Å². The van der Waals surface area contributed by atoms with Gasteiger partial charge in [-0.05, 0) is 47.8 Å². The van der Waals surface area contributed by atoms with Crippen LogP contribution in [0.3, 0.4) is 0 Å². The Morgan fingerprint density at radius 3 is 2.94 bits per heavy atom. The number of carbonyl (C=O) groups is 1. The molecular formula is C13H17BrN2O2. The van der Waals surface area contributed by atoms with Crippen molar-refractivity contribution in [3.8, 4) is 0 Å². The molecule has 0 heterocycles. The fourth-order valence-corrected chi connectivity index (χ4v) is 2.49. The Hall–Kier alpha value is -1.07. The van der Waals surface area contributed by atoms with Crippen molar-refractivity contribution in [2.75, 3.05) is 12.3 Å². The van der Waals surface area contributed by atoms with E-state index in [9.17, 15) is 4.79 Å². The van der Waals surface area contributed by atoms with E-state index in [4.69, 9.17) is 10.5 Å². The first-order valence-electron chi connectivity index (χ1n) is 6.08. The van der Waals surface area contributed by atoms with Crippen molar-refractivity contribution in [2.24, 2.45) is 0 Å². The Morgan fingerprint density at radius 1 is 1.56 bits per heavy atom. The van der Waals surface area contributed by atoms with Crippen LogP contribution in [0.25, 0.3) is 0 Å². The summed E-state index contributed by atoms with van der Waals surface area (Å²) >= 11 is 3.34. The molecule has 1 aliphatic rings. The highest BCUT2D eigenvalue weighted by Crippen LogP contribution is 2.26. The maximum atomic E-state index is 12.0. The van der Waals surface area contributed by atoms with Gasteiger partial charge in [0.25, 0.3) is 5.91 Å². The van der Waals surface area contributed by atoms with E-state index >= 15 is 0 Å². The Morgan fingerprint density at radius 2 is 2.28 bits per heavy atom. The van der Waals surface area contributed by atoms with Crippen molar-refractivity contribution in [2.45, 2.75) is 31.9 Å². The quantitative estimate of drug-likeness (QED) is 0.839. The Balaban J connectivity index is 1.91. The van der Waals surface area contributed by atoms with Gasteiger partial charge in [0.1, 0.15) is 0 Å². The summed E-state index contributed by atoms with van der Waals surface area (Å²) in [5.74, 6) is -0.0888. The van der Waals surface area contributed by atoms with Gasteiger partial charge in [-0.1, -0.05) is 6.07 Å². The molecule has 1 fully saturated rings. The van der Waals surface area contributed by atoms with Crippen molar-refractivity contribution in [3.05, 3.63) is 28.2 Å². The molecule has 0 spiro atoms. The molecule has 1 aliphatic carbocycles. The molecule has 98 valence electrons. The number of nitrogens with one attached hydrogen (secondary N) is 1.